The summed E-state index contributed by atoms with van der Waals surface area (Å²) < 4.78 is 13.9. The summed E-state index contributed by atoms with van der Waals surface area (Å²) in [6, 6.07) is 9.72. The minimum absolute atomic E-state index is 0.0927. The average Bonchev–Trinajstić information content (AvgIpc) is 3.06. The minimum Gasteiger partial charge on any atom is -0.309 e. The first-order valence-electron chi connectivity index (χ1n) is 7.86. The predicted molar refractivity (Wildman–Crippen MR) is 87.5 cm³/mol. The lowest BCUT2D eigenvalue weighted by Gasteiger charge is -2.18. The summed E-state index contributed by atoms with van der Waals surface area (Å²) in [5.41, 5.74) is 2.33. The fraction of sp³-hybridized carbons (Fsp3) is 0.444. The van der Waals surface area contributed by atoms with Gasteiger partial charge in [0.05, 0.1) is 0 Å². The number of halogens is 1. The van der Waals surface area contributed by atoms with Crippen molar-refractivity contribution in [2.75, 3.05) is 6.54 Å². The molecule has 0 fully saturated rings. The lowest BCUT2D eigenvalue weighted by atomic mass is 10.0. The predicted octanol–water partition coefficient (Wildman–Crippen LogP) is 4.66. The lowest BCUT2D eigenvalue weighted by Crippen LogP contribution is -2.23. The molecule has 1 aliphatic rings. The zero-order valence-corrected chi connectivity index (χ0v) is 13.3. The Balaban J connectivity index is 1.81. The monoisotopic (exact) mass is 303 g/mol. The van der Waals surface area contributed by atoms with E-state index in [0.717, 1.165) is 24.9 Å². The van der Waals surface area contributed by atoms with Crippen molar-refractivity contribution in [1.82, 2.24) is 5.32 Å². The van der Waals surface area contributed by atoms with E-state index in [0.29, 0.717) is 0 Å². The Morgan fingerprint density at radius 3 is 2.90 bits per heavy atom. The van der Waals surface area contributed by atoms with Crippen LogP contribution in [-0.2, 0) is 19.3 Å². The first-order chi connectivity index (χ1) is 10.3. The van der Waals surface area contributed by atoms with Gasteiger partial charge in [-0.05, 0) is 61.9 Å². The standard InChI is InChI=1S/C18H22FNS/c1-2-10-20-16(11-13-6-3-4-8-15(13)19)18-12-14-7-5-9-17(14)21-18/h3-4,6,8,12,16,20H,2,5,7,9-11H2,1H3. The van der Waals surface area contributed by atoms with Crippen molar-refractivity contribution in [3.8, 4) is 0 Å². The van der Waals surface area contributed by atoms with E-state index >= 15 is 0 Å². The number of benzene rings is 1. The molecule has 1 aliphatic carbocycles. The van der Waals surface area contributed by atoms with Gasteiger partial charge in [0.2, 0.25) is 0 Å². The van der Waals surface area contributed by atoms with Gasteiger partial charge in [0.1, 0.15) is 5.82 Å². The summed E-state index contributed by atoms with van der Waals surface area (Å²) >= 11 is 1.92. The van der Waals surface area contributed by atoms with E-state index in [-0.39, 0.29) is 11.9 Å². The zero-order chi connectivity index (χ0) is 14.7. The fourth-order valence-corrected chi connectivity index (χ4v) is 4.33. The van der Waals surface area contributed by atoms with Crippen LogP contribution in [0.5, 0.6) is 0 Å². The first kappa shape index (κ1) is 14.7. The summed E-state index contributed by atoms with van der Waals surface area (Å²) in [5, 5.41) is 3.59. The Morgan fingerprint density at radius 2 is 2.14 bits per heavy atom. The van der Waals surface area contributed by atoms with E-state index in [2.05, 4.69) is 18.3 Å². The van der Waals surface area contributed by atoms with Crippen molar-refractivity contribution in [2.24, 2.45) is 0 Å². The Bertz CT molecular complexity index is 584. The molecule has 1 aromatic carbocycles. The summed E-state index contributed by atoms with van der Waals surface area (Å²) in [6.45, 7) is 3.14. The maximum absolute atomic E-state index is 13.9. The molecule has 0 saturated carbocycles. The molecule has 0 radical (unpaired) electrons. The summed E-state index contributed by atoms with van der Waals surface area (Å²) in [7, 11) is 0. The molecule has 1 aromatic heterocycles. The molecule has 0 amide bonds. The smallest absolute Gasteiger partial charge is 0.126 e. The van der Waals surface area contributed by atoms with E-state index in [4.69, 9.17) is 0 Å². The van der Waals surface area contributed by atoms with Gasteiger partial charge in [-0.3, -0.25) is 0 Å². The van der Waals surface area contributed by atoms with Gasteiger partial charge < -0.3 is 5.32 Å². The third kappa shape index (κ3) is 3.35. The van der Waals surface area contributed by atoms with Crippen LogP contribution < -0.4 is 5.32 Å². The van der Waals surface area contributed by atoms with Gasteiger partial charge in [0.15, 0.2) is 0 Å². The highest BCUT2D eigenvalue weighted by molar-refractivity contribution is 7.12. The number of fused-ring (bicyclic) bond motifs is 1. The van der Waals surface area contributed by atoms with Crippen LogP contribution in [0.25, 0.3) is 0 Å². The van der Waals surface area contributed by atoms with Crippen LogP contribution in [0.1, 0.15) is 46.7 Å². The fourth-order valence-electron chi connectivity index (χ4n) is 3.00. The van der Waals surface area contributed by atoms with Gasteiger partial charge >= 0.3 is 0 Å². The average molecular weight is 303 g/mol. The Labute approximate surface area is 130 Å². The molecule has 3 heteroatoms. The van der Waals surface area contributed by atoms with Crippen molar-refractivity contribution in [3.05, 3.63) is 57.0 Å². The molecular formula is C18H22FNS. The highest BCUT2D eigenvalue weighted by Gasteiger charge is 2.21. The van der Waals surface area contributed by atoms with E-state index in [9.17, 15) is 4.39 Å². The zero-order valence-electron chi connectivity index (χ0n) is 12.5. The molecule has 0 spiro atoms. The van der Waals surface area contributed by atoms with Crippen LogP contribution in [-0.4, -0.2) is 6.54 Å². The quantitative estimate of drug-likeness (QED) is 0.818. The SMILES string of the molecule is CCCNC(Cc1ccccc1F)c1cc2c(s1)CCC2. The maximum Gasteiger partial charge on any atom is 0.126 e. The molecule has 0 saturated heterocycles. The van der Waals surface area contributed by atoms with Gasteiger partial charge in [-0.2, -0.15) is 0 Å². The highest BCUT2D eigenvalue weighted by Crippen LogP contribution is 2.35. The van der Waals surface area contributed by atoms with Crippen molar-refractivity contribution in [3.63, 3.8) is 0 Å². The second-order valence-corrected chi connectivity index (χ2v) is 6.92. The number of nitrogens with one attached hydrogen (secondary N) is 1. The summed E-state index contributed by atoms with van der Waals surface area (Å²) in [5.74, 6) is -0.0927. The molecule has 0 aliphatic heterocycles. The Morgan fingerprint density at radius 1 is 1.29 bits per heavy atom. The normalized spacial score (nSPS) is 15.1. The van der Waals surface area contributed by atoms with Crippen LogP contribution >= 0.6 is 11.3 Å². The van der Waals surface area contributed by atoms with Gasteiger partial charge in [-0.15, -0.1) is 11.3 Å². The molecular weight excluding hydrogens is 281 g/mol. The largest absolute Gasteiger partial charge is 0.309 e. The van der Waals surface area contributed by atoms with Crippen LogP contribution in [0.2, 0.25) is 0 Å². The molecule has 3 rings (SSSR count). The summed E-state index contributed by atoms with van der Waals surface area (Å²) in [6.07, 6.45) is 5.55. The van der Waals surface area contributed by atoms with E-state index in [1.807, 2.05) is 23.5 Å². The molecule has 1 atom stereocenters. The van der Waals surface area contributed by atoms with Gasteiger partial charge in [-0.1, -0.05) is 25.1 Å². The third-order valence-electron chi connectivity index (χ3n) is 4.13. The van der Waals surface area contributed by atoms with Gasteiger partial charge in [0, 0.05) is 15.8 Å². The second kappa shape index (κ2) is 6.71. The molecule has 1 unspecified atom stereocenters. The van der Waals surface area contributed by atoms with Crippen LogP contribution in [0.15, 0.2) is 30.3 Å². The summed E-state index contributed by atoms with van der Waals surface area (Å²) in [4.78, 5) is 2.92. The maximum atomic E-state index is 13.9. The number of aryl methyl sites for hydroxylation is 2. The van der Waals surface area contributed by atoms with E-state index < -0.39 is 0 Å². The minimum atomic E-state index is -0.0927. The van der Waals surface area contributed by atoms with Crippen LogP contribution in [0.3, 0.4) is 0 Å². The second-order valence-electron chi connectivity index (χ2n) is 5.75. The molecule has 1 nitrogen and oxygen atoms in total. The van der Waals surface area contributed by atoms with E-state index in [1.165, 1.54) is 29.7 Å². The van der Waals surface area contributed by atoms with Crippen molar-refractivity contribution in [1.29, 1.82) is 0 Å². The molecule has 112 valence electrons. The van der Waals surface area contributed by atoms with Crippen molar-refractivity contribution >= 4 is 11.3 Å². The Hall–Kier alpha value is -1.19. The van der Waals surface area contributed by atoms with Gasteiger partial charge in [0.25, 0.3) is 0 Å². The number of rotatable bonds is 6. The van der Waals surface area contributed by atoms with Crippen LogP contribution in [0, 0.1) is 5.82 Å². The third-order valence-corrected chi connectivity index (χ3v) is 5.48. The van der Waals surface area contributed by atoms with E-state index in [1.54, 1.807) is 17.0 Å². The highest BCUT2D eigenvalue weighted by atomic mass is 32.1. The molecule has 1 heterocycles. The number of hydrogen-bond acceptors (Lipinski definition) is 2. The molecule has 2 aromatic rings. The number of thiophene rings is 1. The van der Waals surface area contributed by atoms with Crippen molar-refractivity contribution in [2.45, 2.75) is 45.1 Å². The topological polar surface area (TPSA) is 12.0 Å². The Kier molecular flexibility index (Phi) is 4.71. The van der Waals surface area contributed by atoms with Crippen LogP contribution in [0.4, 0.5) is 4.39 Å². The first-order valence-corrected chi connectivity index (χ1v) is 8.68. The lowest BCUT2D eigenvalue weighted by molar-refractivity contribution is 0.519. The number of hydrogen-bond donors (Lipinski definition) is 1. The molecule has 0 bridgehead atoms. The van der Waals surface area contributed by atoms with Crippen molar-refractivity contribution < 1.29 is 4.39 Å². The molecule has 21 heavy (non-hydrogen) atoms. The van der Waals surface area contributed by atoms with Gasteiger partial charge in [-0.25, -0.2) is 4.39 Å². The molecule has 1 N–H and O–H groups in total.